The fourth-order valence-corrected chi connectivity index (χ4v) is 2.21. The van der Waals surface area contributed by atoms with E-state index < -0.39 is 0 Å². The highest BCUT2D eigenvalue weighted by Crippen LogP contribution is 2.22. The van der Waals surface area contributed by atoms with Gasteiger partial charge in [0.15, 0.2) is 0 Å². The number of carbonyl (C=O) groups is 1. The molecular formula is C10H11BrClNO2. The van der Waals surface area contributed by atoms with Gasteiger partial charge in [-0.25, -0.2) is 0 Å². The minimum absolute atomic E-state index is 0.0598. The van der Waals surface area contributed by atoms with Crippen molar-refractivity contribution in [1.29, 1.82) is 0 Å². The van der Waals surface area contributed by atoms with Gasteiger partial charge < -0.3 is 9.32 Å². The van der Waals surface area contributed by atoms with Crippen molar-refractivity contribution in [2.24, 2.45) is 0 Å². The molecule has 1 aliphatic heterocycles. The van der Waals surface area contributed by atoms with Gasteiger partial charge in [-0.05, 0) is 34.8 Å². The molecule has 0 aliphatic carbocycles. The maximum atomic E-state index is 11.9. The number of amides is 1. The lowest BCUT2D eigenvalue weighted by Crippen LogP contribution is -2.38. The quantitative estimate of drug-likeness (QED) is 0.746. The van der Waals surface area contributed by atoms with Gasteiger partial charge in [-0.1, -0.05) is 0 Å². The third-order valence-corrected chi connectivity index (χ3v) is 3.58. The smallest absolute Gasteiger partial charge is 0.290 e. The van der Waals surface area contributed by atoms with Gasteiger partial charge in [0.2, 0.25) is 5.76 Å². The third-order valence-electron chi connectivity index (χ3n) is 2.52. The Labute approximate surface area is 102 Å². The summed E-state index contributed by atoms with van der Waals surface area (Å²) in [5.41, 5.74) is 0. The van der Waals surface area contributed by atoms with Crippen LogP contribution in [0.2, 0.25) is 0 Å². The standard InChI is InChI=1S/C10H11BrClNO2/c11-8-3-6-15-9(8)10(14)13-4-1-7(12)2-5-13/h3,6-7H,1-2,4-5H2. The first kappa shape index (κ1) is 11.0. The van der Waals surface area contributed by atoms with Crippen LogP contribution in [0.5, 0.6) is 0 Å². The zero-order valence-electron chi connectivity index (χ0n) is 8.08. The van der Waals surface area contributed by atoms with Crippen molar-refractivity contribution in [1.82, 2.24) is 4.90 Å². The van der Waals surface area contributed by atoms with Gasteiger partial charge in [-0.2, -0.15) is 0 Å². The molecule has 15 heavy (non-hydrogen) atoms. The summed E-state index contributed by atoms with van der Waals surface area (Å²) in [4.78, 5) is 13.7. The summed E-state index contributed by atoms with van der Waals surface area (Å²) in [5, 5.41) is 0.203. The number of nitrogens with zero attached hydrogens (tertiary/aromatic N) is 1. The van der Waals surface area contributed by atoms with Crippen molar-refractivity contribution in [2.75, 3.05) is 13.1 Å². The van der Waals surface area contributed by atoms with E-state index in [4.69, 9.17) is 16.0 Å². The topological polar surface area (TPSA) is 33.5 Å². The Morgan fingerprint density at radius 2 is 2.20 bits per heavy atom. The Kier molecular flexibility index (Phi) is 3.36. The lowest BCUT2D eigenvalue weighted by Gasteiger charge is -2.28. The van der Waals surface area contributed by atoms with Crippen LogP contribution in [0, 0.1) is 0 Å². The predicted octanol–water partition coefficient (Wildman–Crippen LogP) is 2.89. The molecule has 1 aromatic heterocycles. The number of halogens is 2. The maximum Gasteiger partial charge on any atom is 0.290 e. The van der Waals surface area contributed by atoms with Gasteiger partial charge in [-0.3, -0.25) is 4.79 Å². The molecule has 0 radical (unpaired) electrons. The molecule has 5 heteroatoms. The molecule has 1 saturated heterocycles. The SMILES string of the molecule is O=C(c1occc1Br)N1CCC(Cl)CC1. The largest absolute Gasteiger partial charge is 0.458 e. The molecule has 0 aromatic carbocycles. The van der Waals surface area contributed by atoms with E-state index in [1.54, 1.807) is 11.0 Å². The molecule has 3 nitrogen and oxygen atoms in total. The van der Waals surface area contributed by atoms with Crippen molar-refractivity contribution in [2.45, 2.75) is 18.2 Å². The minimum atomic E-state index is -0.0598. The summed E-state index contributed by atoms with van der Waals surface area (Å²) in [6.07, 6.45) is 3.21. The first-order valence-corrected chi connectivity index (χ1v) is 6.08. The number of likely N-dealkylation sites (tertiary alicyclic amines) is 1. The van der Waals surface area contributed by atoms with Crippen LogP contribution < -0.4 is 0 Å². The van der Waals surface area contributed by atoms with E-state index in [2.05, 4.69) is 15.9 Å². The summed E-state index contributed by atoms with van der Waals surface area (Å²) in [7, 11) is 0. The van der Waals surface area contributed by atoms with Crippen LogP contribution in [0.25, 0.3) is 0 Å². The molecule has 2 rings (SSSR count). The average Bonchev–Trinajstić information content (AvgIpc) is 2.65. The summed E-state index contributed by atoms with van der Waals surface area (Å²) in [5.74, 6) is 0.318. The highest BCUT2D eigenvalue weighted by atomic mass is 79.9. The van der Waals surface area contributed by atoms with E-state index in [1.165, 1.54) is 6.26 Å². The van der Waals surface area contributed by atoms with E-state index >= 15 is 0 Å². The minimum Gasteiger partial charge on any atom is -0.458 e. The Bertz CT molecular complexity index is 358. The van der Waals surface area contributed by atoms with Crippen LogP contribution in [0.4, 0.5) is 0 Å². The number of piperidine rings is 1. The van der Waals surface area contributed by atoms with Gasteiger partial charge in [0.25, 0.3) is 5.91 Å². The number of rotatable bonds is 1. The van der Waals surface area contributed by atoms with E-state index in [0.29, 0.717) is 23.3 Å². The van der Waals surface area contributed by atoms with Crippen LogP contribution in [-0.2, 0) is 0 Å². The van der Waals surface area contributed by atoms with E-state index in [0.717, 1.165) is 12.8 Å². The summed E-state index contributed by atoms with van der Waals surface area (Å²) in [6, 6.07) is 1.72. The molecule has 82 valence electrons. The molecular weight excluding hydrogens is 281 g/mol. The maximum absolute atomic E-state index is 11.9. The fraction of sp³-hybridized carbons (Fsp3) is 0.500. The van der Waals surface area contributed by atoms with Crippen molar-refractivity contribution >= 4 is 33.4 Å². The van der Waals surface area contributed by atoms with E-state index in [-0.39, 0.29) is 11.3 Å². The van der Waals surface area contributed by atoms with Crippen LogP contribution in [0.1, 0.15) is 23.4 Å². The van der Waals surface area contributed by atoms with Crippen molar-refractivity contribution in [3.63, 3.8) is 0 Å². The second-order valence-electron chi connectivity index (χ2n) is 3.56. The second-order valence-corrected chi connectivity index (χ2v) is 5.04. The van der Waals surface area contributed by atoms with Gasteiger partial charge in [-0.15, -0.1) is 11.6 Å². The lowest BCUT2D eigenvalue weighted by molar-refractivity contribution is 0.0693. The van der Waals surface area contributed by atoms with Crippen LogP contribution >= 0.6 is 27.5 Å². The van der Waals surface area contributed by atoms with E-state index in [9.17, 15) is 4.79 Å². The molecule has 0 bridgehead atoms. The number of hydrogen-bond donors (Lipinski definition) is 0. The first-order chi connectivity index (χ1) is 7.18. The summed E-state index contributed by atoms with van der Waals surface area (Å²) < 4.78 is 5.84. The monoisotopic (exact) mass is 291 g/mol. The Balaban J connectivity index is 2.06. The predicted molar refractivity (Wildman–Crippen MR) is 61.2 cm³/mol. The highest BCUT2D eigenvalue weighted by Gasteiger charge is 2.25. The summed E-state index contributed by atoms with van der Waals surface area (Å²) in [6.45, 7) is 1.42. The van der Waals surface area contributed by atoms with Crippen molar-refractivity contribution < 1.29 is 9.21 Å². The zero-order chi connectivity index (χ0) is 10.8. The zero-order valence-corrected chi connectivity index (χ0v) is 10.4. The average molecular weight is 293 g/mol. The Hall–Kier alpha value is -0.480. The molecule has 0 unspecified atom stereocenters. The number of alkyl halides is 1. The third kappa shape index (κ3) is 2.37. The second kappa shape index (κ2) is 4.58. The van der Waals surface area contributed by atoms with Crippen LogP contribution in [0.3, 0.4) is 0 Å². The Morgan fingerprint density at radius 3 is 2.73 bits per heavy atom. The molecule has 0 spiro atoms. The van der Waals surface area contributed by atoms with Gasteiger partial charge >= 0.3 is 0 Å². The van der Waals surface area contributed by atoms with Crippen molar-refractivity contribution in [3.05, 3.63) is 22.6 Å². The number of furan rings is 1. The van der Waals surface area contributed by atoms with Gasteiger partial charge in [0.05, 0.1) is 10.7 Å². The van der Waals surface area contributed by atoms with Crippen molar-refractivity contribution in [3.8, 4) is 0 Å². The highest BCUT2D eigenvalue weighted by molar-refractivity contribution is 9.10. The Morgan fingerprint density at radius 1 is 1.53 bits per heavy atom. The van der Waals surface area contributed by atoms with Gasteiger partial charge in [0, 0.05) is 18.5 Å². The molecule has 2 heterocycles. The molecule has 0 atom stereocenters. The molecule has 1 fully saturated rings. The van der Waals surface area contributed by atoms with Gasteiger partial charge in [0.1, 0.15) is 0 Å². The molecule has 0 N–H and O–H groups in total. The normalized spacial score (nSPS) is 18.1. The number of carbonyl (C=O) groups excluding carboxylic acids is 1. The van der Waals surface area contributed by atoms with E-state index in [1.807, 2.05) is 0 Å². The molecule has 1 aromatic rings. The first-order valence-electron chi connectivity index (χ1n) is 4.85. The number of hydrogen-bond acceptors (Lipinski definition) is 2. The fourth-order valence-electron chi connectivity index (χ4n) is 1.64. The molecule has 1 amide bonds. The lowest BCUT2D eigenvalue weighted by atomic mass is 10.1. The van der Waals surface area contributed by atoms with Crippen LogP contribution in [0.15, 0.2) is 21.2 Å². The van der Waals surface area contributed by atoms with Crippen LogP contribution in [-0.4, -0.2) is 29.3 Å². The molecule has 1 aliphatic rings. The summed E-state index contributed by atoms with van der Waals surface area (Å²) >= 11 is 9.25. The molecule has 0 saturated carbocycles.